The zero-order valence-corrected chi connectivity index (χ0v) is 9.29. The van der Waals surface area contributed by atoms with Gasteiger partial charge in [-0.15, -0.1) is 12.3 Å². The van der Waals surface area contributed by atoms with Gasteiger partial charge < -0.3 is 0 Å². The number of hydrogen-bond acceptors (Lipinski definition) is 3. The molecule has 0 unspecified atom stereocenters. The van der Waals surface area contributed by atoms with Crippen molar-refractivity contribution in [1.82, 2.24) is 14.5 Å². The van der Waals surface area contributed by atoms with Crippen LogP contribution in [0, 0.1) is 12.3 Å². The number of nitrogens with one attached hydrogen (secondary N) is 1. The first kappa shape index (κ1) is 11.8. The third kappa shape index (κ3) is 3.38. The van der Waals surface area contributed by atoms with Crippen LogP contribution in [0.4, 0.5) is 0 Å². The van der Waals surface area contributed by atoms with E-state index in [1.165, 1.54) is 17.1 Å². The van der Waals surface area contributed by atoms with Crippen LogP contribution in [-0.4, -0.2) is 24.7 Å². The number of unbranched alkanes of at least 4 members (excludes halogenated alkanes) is 1. The largest absolute Gasteiger partial charge is 0.274 e. The van der Waals surface area contributed by atoms with E-state index in [1.54, 1.807) is 7.05 Å². The zero-order chi connectivity index (χ0) is 11.3. The molecule has 0 amide bonds. The minimum atomic E-state index is -3.42. The zero-order valence-electron chi connectivity index (χ0n) is 8.47. The fourth-order valence-corrected chi connectivity index (χ4v) is 2.07. The van der Waals surface area contributed by atoms with Gasteiger partial charge in [0, 0.05) is 26.2 Å². The van der Waals surface area contributed by atoms with E-state index < -0.39 is 10.0 Å². The average molecular weight is 227 g/mol. The van der Waals surface area contributed by atoms with Crippen molar-refractivity contribution in [3.05, 3.63) is 12.4 Å². The van der Waals surface area contributed by atoms with Crippen molar-refractivity contribution in [1.29, 1.82) is 0 Å². The highest BCUT2D eigenvalue weighted by Gasteiger charge is 2.14. The van der Waals surface area contributed by atoms with Gasteiger partial charge in [-0.1, -0.05) is 0 Å². The summed E-state index contributed by atoms with van der Waals surface area (Å²) in [6.07, 6.45) is 9.01. The number of aromatic nitrogens is 2. The van der Waals surface area contributed by atoms with Crippen molar-refractivity contribution in [3.8, 4) is 12.3 Å². The first-order chi connectivity index (χ1) is 7.06. The van der Waals surface area contributed by atoms with Crippen LogP contribution in [-0.2, 0) is 17.1 Å². The quantitative estimate of drug-likeness (QED) is 0.573. The molecule has 1 aromatic heterocycles. The van der Waals surface area contributed by atoms with Crippen LogP contribution in [0.3, 0.4) is 0 Å². The van der Waals surface area contributed by atoms with Crippen molar-refractivity contribution < 1.29 is 8.42 Å². The minimum absolute atomic E-state index is 0.172. The van der Waals surface area contributed by atoms with Crippen molar-refractivity contribution in [2.45, 2.75) is 17.7 Å². The van der Waals surface area contributed by atoms with Crippen LogP contribution in [0.2, 0.25) is 0 Å². The Morgan fingerprint density at radius 3 is 2.93 bits per heavy atom. The molecule has 1 aromatic rings. The second-order valence-corrected chi connectivity index (χ2v) is 4.82. The Balaban J connectivity index is 2.57. The second-order valence-electron chi connectivity index (χ2n) is 3.06. The predicted molar refractivity (Wildman–Crippen MR) is 56.5 cm³/mol. The summed E-state index contributed by atoms with van der Waals surface area (Å²) in [6, 6.07) is 0. The van der Waals surface area contributed by atoms with Crippen molar-refractivity contribution in [3.63, 3.8) is 0 Å². The Hall–Kier alpha value is -1.32. The molecule has 5 nitrogen and oxygen atoms in total. The van der Waals surface area contributed by atoms with Gasteiger partial charge in [0.15, 0.2) is 0 Å². The molecule has 1 N–H and O–H groups in total. The second kappa shape index (κ2) is 4.96. The summed E-state index contributed by atoms with van der Waals surface area (Å²) < 4.78 is 27.1. The maximum atomic E-state index is 11.6. The normalized spacial score (nSPS) is 11.2. The van der Waals surface area contributed by atoms with Gasteiger partial charge in [-0.25, -0.2) is 13.1 Å². The molecule has 0 aliphatic rings. The highest BCUT2D eigenvalue weighted by atomic mass is 32.2. The van der Waals surface area contributed by atoms with Gasteiger partial charge in [-0.05, 0) is 6.42 Å². The van der Waals surface area contributed by atoms with Crippen LogP contribution in [0.15, 0.2) is 17.3 Å². The SMILES string of the molecule is C#CCCCNS(=O)(=O)c1cnn(C)c1. The summed E-state index contributed by atoms with van der Waals surface area (Å²) in [6.45, 7) is 0.349. The van der Waals surface area contributed by atoms with E-state index in [0.29, 0.717) is 19.4 Å². The van der Waals surface area contributed by atoms with Gasteiger partial charge in [0.05, 0.1) is 6.20 Å². The molecular weight excluding hydrogens is 214 g/mol. The minimum Gasteiger partial charge on any atom is -0.274 e. The lowest BCUT2D eigenvalue weighted by molar-refractivity contribution is 0.579. The van der Waals surface area contributed by atoms with Gasteiger partial charge in [-0.2, -0.15) is 5.10 Å². The predicted octanol–water partition coefficient (Wildman–Crippen LogP) is 0.112. The number of hydrogen-bond donors (Lipinski definition) is 1. The summed E-state index contributed by atoms with van der Waals surface area (Å²) in [7, 11) is -1.76. The molecule has 0 spiro atoms. The molecule has 0 aliphatic carbocycles. The molecule has 0 bridgehead atoms. The summed E-state index contributed by atoms with van der Waals surface area (Å²) in [5.41, 5.74) is 0. The average Bonchev–Trinajstić information content (AvgIpc) is 2.60. The lowest BCUT2D eigenvalue weighted by Gasteiger charge is -2.02. The van der Waals surface area contributed by atoms with Crippen LogP contribution in [0.5, 0.6) is 0 Å². The van der Waals surface area contributed by atoms with Crippen molar-refractivity contribution >= 4 is 10.0 Å². The van der Waals surface area contributed by atoms with Crippen LogP contribution >= 0.6 is 0 Å². The molecule has 0 aromatic carbocycles. The van der Waals surface area contributed by atoms with Crippen molar-refractivity contribution in [2.24, 2.45) is 7.05 Å². The third-order valence-electron chi connectivity index (χ3n) is 1.78. The Morgan fingerprint density at radius 1 is 1.67 bits per heavy atom. The summed E-state index contributed by atoms with van der Waals surface area (Å²) in [4.78, 5) is 0.172. The van der Waals surface area contributed by atoms with Gasteiger partial charge in [-0.3, -0.25) is 4.68 Å². The van der Waals surface area contributed by atoms with E-state index in [-0.39, 0.29) is 4.90 Å². The topological polar surface area (TPSA) is 64.0 Å². The highest BCUT2D eigenvalue weighted by Crippen LogP contribution is 2.05. The Bertz CT molecular complexity index is 456. The lowest BCUT2D eigenvalue weighted by Crippen LogP contribution is -2.24. The smallest absolute Gasteiger partial charge is 0.243 e. The van der Waals surface area contributed by atoms with Crippen molar-refractivity contribution in [2.75, 3.05) is 6.54 Å². The fourth-order valence-electron chi connectivity index (χ4n) is 1.02. The maximum absolute atomic E-state index is 11.6. The third-order valence-corrected chi connectivity index (χ3v) is 3.20. The molecule has 0 saturated heterocycles. The monoisotopic (exact) mass is 227 g/mol. The Kier molecular flexibility index (Phi) is 3.88. The summed E-state index contributed by atoms with van der Waals surface area (Å²) in [5, 5.41) is 3.79. The molecule has 6 heteroatoms. The van der Waals surface area contributed by atoms with Gasteiger partial charge in [0.2, 0.25) is 10.0 Å². The standard InChI is InChI=1S/C9H13N3O2S/c1-3-4-5-6-11-15(13,14)9-7-10-12(2)8-9/h1,7-8,11H,4-6H2,2H3. The molecule has 0 atom stereocenters. The molecule has 82 valence electrons. The number of terminal acetylenes is 1. The van der Waals surface area contributed by atoms with Gasteiger partial charge >= 0.3 is 0 Å². The van der Waals surface area contributed by atoms with E-state index in [2.05, 4.69) is 15.7 Å². The van der Waals surface area contributed by atoms with Gasteiger partial charge in [0.1, 0.15) is 4.90 Å². The van der Waals surface area contributed by atoms with E-state index in [9.17, 15) is 8.42 Å². The van der Waals surface area contributed by atoms with Crippen LogP contribution in [0.25, 0.3) is 0 Å². The summed E-state index contributed by atoms with van der Waals surface area (Å²) >= 11 is 0. The maximum Gasteiger partial charge on any atom is 0.243 e. The number of sulfonamides is 1. The molecule has 0 radical (unpaired) electrons. The highest BCUT2D eigenvalue weighted by molar-refractivity contribution is 7.89. The Morgan fingerprint density at radius 2 is 2.40 bits per heavy atom. The van der Waals surface area contributed by atoms with Crippen LogP contribution < -0.4 is 4.72 Å². The molecule has 15 heavy (non-hydrogen) atoms. The molecule has 1 heterocycles. The molecule has 1 rings (SSSR count). The van der Waals surface area contributed by atoms with E-state index in [1.807, 2.05) is 0 Å². The Labute approximate surface area is 89.5 Å². The van der Waals surface area contributed by atoms with E-state index in [4.69, 9.17) is 6.42 Å². The number of rotatable bonds is 5. The first-order valence-electron chi connectivity index (χ1n) is 4.48. The molecule has 0 saturated carbocycles. The molecule has 0 aliphatic heterocycles. The first-order valence-corrected chi connectivity index (χ1v) is 5.96. The van der Waals surface area contributed by atoms with Crippen LogP contribution in [0.1, 0.15) is 12.8 Å². The lowest BCUT2D eigenvalue weighted by atomic mass is 10.3. The molecular formula is C9H13N3O2S. The fraction of sp³-hybridized carbons (Fsp3) is 0.444. The number of nitrogens with zero attached hydrogens (tertiary/aromatic N) is 2. The van der Waals surface area contributed by atoms with E-state index >= 15 is 0 Å². The van der Waals surface area contributed by atoms with Gasteiger partial charge in [0.25, 0.3) is 0 Å². The van der Waals surface area contributed by atoms with E-state index in [0.717, 1.165) is 0 Å². The number of aryl methyl sites for hydroxylation is 1. The summed E-state index contributed by atoms with van der Waals surface area (Å²) in [5.74, 6) is 2.45. The molecule has 0 fully saturated rings.